The van der Waals surface area contributed by atoms with Crippen molar-refractivity contribution < 1.29 is 0 Å². The molecule has 4 nitrogen and oxygen atoms in total. The van der Waals surface area contributed by atoms with E-state index < -0.39 is 0 Å². The second-order valence-corrected chi connectivity index (χ2v) is 6.32. The Balaban J connectivity index is 2.35. The third-order valence-electron chi connectivity index (χ3n) is 3.21. The lowest BCUT2D eigenvalue weighted by Gasteiger charge is -2.11. The molecule has 0 spiro atoms. The monoisotopic (exact) mass is 382 g/mol. The Morgan fingerprint density at radius 2 is 2.05 bits per heavy atom. The highest BCUT2D eigenvalue weighted by Gasteiger charge is 2.13. The summed E-state index contributed by atoms with van der Waals surface area (Å²) in [6, 6.07) is 6.02. The maximum Gasteiger partial charge on any atom is 0.0785 e. The van der Waals surface area contributed by atoms with Crippen LogP contribution in [0.1, 0.15) is 5.56 Å². The van der Waals surface area contributed by atoms with Crippen molar-refractivity contribution in [3.05, 3.63) is 42.4 Å². The molecule has 0 saturated carbocycles. The third-order valence-corrected chi connectivity index (χ3v) is 5.08. The summed E-state index contributed by atoms with van der Waals surface area (Å²) in [6.07, 6.45) is 6.01. The van der Waals surface area contributed by atoms with Crippen LogP contribution in [0.4, 0.5) is 5.69 Å². The molecule has 2 heterocycles. The van der Waals surface area contributed by atoms with Crippen LogP contribution in [-0.4, -0.2) is 14.5 Å². The zero-order valence-electron chi connectivity index (χ0n) is 10.3. The first-order valence-electron chi connectivity index (χ1n) is 5.76. The molecule has 0 aliphatic rings. The molecule has 3 aromatic rings. The van der Waals surface area contributed by atoms with Gasteiger partial charge in [-0.15, -0.1) is 0 Å². The van der Waals surface area contributed by atoms with E-state index in [2.05, 4.69) is 39.0 Å². The Hall–Kier alpha value is -1.20. The second kappa shape index (κ2) is 5.06. The zero-order chi connectivity index (χ0) is 13.4. The van der Waals surface area contributed by atoms with Crippen LogP contribution in [-0.2, 0) is 0 Å². The summed E-state index contributed by atoms with van der Waals surface area (Å²) >= 11 is 2.33. The van der Waals surface area contributed by atoms with Crippen molar-refractivity contribution in [3.63, 3.8) is 0 Å². The Labute approximate surface area is 125 Å². The SMILES string of the molecule is Cc1c(-c2ccncc2)cc(N)c2cnn(PI)c12. The van der Waals surface area contributed by atoms with E-state index in [9.17, 15) is 0 Å². The van der Waals surface area contributed by atoms with Gasteiger partial charge in [-0.25, -0.2) is 4.45 Å². The van der Waals surface area contributed by atoms with Gasteiger partial charge < -0.3 is 5.73 Å². The molecule has 0 aliphatic heterocycles. The van der Waals surface area contributed by atoms with Crippen molar-refractivity contribution >= 4 is 45.0 Å². The third kappa shape index (κ3) is 2.11. The molecule has 3 rings (SSSR count). The minimum Gasteiger partial charge on any atom is -0.398 e. The molecule has 1 aromatic carbocycles. The van der Waals surface area contributed by atoms with Crippen LogP contribution >= 0.6 is 28.4 Å². The van der Waals surface area contributed by atoms with Gasteiger partial charge in [0.2, 0.25) is 0 Å². The molecule has 2 N–H and O–H groups in total. The van der Waals surface area contributed by atoms with E-state index >= 15 is 0 Å². The van der Waals surface area contributed by atoms with Gasteiger partial charge in [-0.3, -0.25) is 4.98 Å². The molecule has 1 atom stereocenters. The van der Waals surface area contributed by atoms with E-state index in [1.165, 1.54) is 5.56 Å². The molecule has 0 aliphatic carbocycles. The Morgan fingerprint density at radius 1 is 1.32 bits per heavy atom. The number of halogens is 1. The predicted molar refractivity (Wildman–Crippen MR) is 89.8 cm³/mol. The average molecular weight is 382 g/mol. The molecule has 0 amide bonds. The Bertz CT molecular complexity index is 739. The summed E-state index contributed by atoms with van der Waals surface area (Å²) in [6.45, 7) is 2.12. The molecule has 2 aromatic heterocycles. The molecule has 0 bridgehead atoms. The lowest BCUT2D eigenvalue weighted by atomic mass is 9.98. The molecule has 0 radical (unpaired) electrons. The van der Waals surface area contributed by atoms with Gasteiger partial charge in [0.1, 0.15) is 0 Å². The maximum atomic E-state index is 6.16. The summed E-state index contributed by atoms with van der Waals surface area (Å²) < 4.78 is 2.01. The largest absolute Gasteiger partial charge is 0.398 e. The second-order valence-electron chi connectivity index (χ2n) is 4.28. The van der Waals surface area contributed by atoms with Crippen LogP contribution < -0.4 is 5.73 Å². The van der Waals surface area contributed by atoms with E-state index in [1.807, 2.05) is 28.8 Å². The van der Waals surface area contributed by atoms with Crippen LogP contribution in [0.15, 0.2) is 36.8 Å². The van der Waals surface area contributed by atoms with Crippen LogP contribution in [0.3, 0.4) is 0 Å². The first kappa shape index (κ1) is 12.8. The Morgan fingerprint density at radius 3 is 2.74 bits per heavy atom. The molecular weight excluding hydrogens is 370 g/mol. The van der Waals surface area contributed by atoms with Gasteiger partial charge in [-0.1, -0.05) is 0 Å². The zero-order valence-corrected chi connectivity index (χ0v) is 13.4. The van der Waals surface area contributed by atoms with E-state index in [1.54, 1.807) is 12.4 Å². The fourth-order valence-corrected chi connectivity index (χ4v) is 3.86. The molecule has 1 unspecified atom stereocenters. The molecule has 6 heteroatoms. The van der Waals surface area contributed by atoms with E-state index in [0.717, 1.165) is 27.7 Å². The summed E-state index contributed by atoms with van der Waals surface area (Å²) in [7, 11) is 0. The van der Waals surface area contributed by atoms with Crippen molar-refractivity contribution in [3.8, 4) is 11.1 Å². The molecule has 19 heavy (non-hydrogen) atoms. The predicted octanol–water partition coefficient (Wildman–Crippen LogP) is 3.78. The molecule has 96 valence electrons. The van der Waals surface area contributed by atoms with Gasteiger partial charge in [0.15, 0.2) is 0 Å². The maximum absolute atomic E-state index is 6.16. The number of fused-ring (bicyclic) bond motifs is 1. The number of nitrogens with zero attached hydrogens (tertiary/aromatic N) is 3. The Kier molecular flexibility index (Phi) is 3.41. The number of anilines is 1. The standard InChI is InChI=1S/C13H12IN4P/c1-8-10(9-2-4-16-5-3-9)6-12(15)11-7-17-18(19-14)13(8)11/h2-7,19H,15H2,1H3. The van der Waals surface area contributed by atoms with Crippen molar-refractivity contribution in [2.24, 2.45) is 0 Å². The van der Waals surface area contributed by atoms with E-state index in [-0.39, 0.29) is 0 Å². The molecular formula is C13H12IN4P. The van der Waals surface area contributed by atoms with Crippen molar-refractivity contribution in [1.82, 2.24) is 14.5 Å². The topological polar surface area (TPSA) is 56.7 Å². The molecule has 0 saturated heterocycles. The van der Waals surface area contributed by atoms with Crippen LogP contribution in [0.25, 0.3) is 22.0 Å². The van der Waals surface area contributed by atoms with Gasteiger partial charge in [0.25, 0.3) is 0 Å². The minimum absolute atomic E-state index is 0.563. The highest BCUT2D eigenvalue weighted by atomic mass is 127. The highest BCUT2D eigenvalue weighted by molar-refractivity contribution is 14.2. The minimum atomic E-state index is 0.563. The number of aryl methyl sites for hydroxylation is 1. The molecule has 0 fully saturated rings. The van der Waals surface area contributed by atoms with Crippen LogP contribution in [0, 0.1) is 6.92 Å². The van der Waals surface area contributed by atoms with Gasteiger partial charge in [-0.2, -0.15) is 5.10 Å². The fraction of sp³-hybridized carbons (Fsp3) is 0.0769. The van der Waals surface area contributed by atoms with Gasteiger partial charge in [0, 0.05) is 23.5 Å². The van der Waals surface area contributed by atoms with Crippen molar-refractivity contribution in [1.29, 1.82) is 0 Å². The van der Waals surface area contributed by atoms with Gasteiger partial charge in [-0.05, 0) is 63.9 Å². The normalized spacial score (nSPS) is 11.7. The smallest absolute Gasteiger partial charge is 0.0785 e. The van der Waals surface area contributed by atoms with Crippen molar-refractivity contribution in [2.45, 2.75) is 6.92 Å². The number of aromatic nitrogens is 3. The summed E-state index contributed by atoms with van der Waals surface area (Å²) in [5, 5.41) is 5.43. The number of hydrogen-bond acceptors (Lipinski definition) is 3. The first-order chi connectivity index (χ1) is 9.22. The lowest BCUT2D eigenvalue weighted by molar-refractivity contribution is 1.04. The highest BCUT2D eigenvalue weighted by Crippen LogP contribution is 2.37. The van der Waals surface area contributed by atoms with Crippen LogP contribution in [0.2, 0.25) is 0 Å². The number of rotatable bonds is 2. The number of pyridine rings is 1. The first-order valence-corrected chi connectivity index (χ1v) is 9.82. The summed E-state index contributed by atoms with van der Waals surface area (Å²) in [4.78, 5) is 4.06. The lowest BCUT2D eigenvalue weighted by Crippen LogP contribution is -1.94. The van der Waals surface area contributed by atoms with E-state index in [0.29, 0.717) is 6.37 Å². The quantitative estimate of drug-likeness (QED) is 0.417. The van der Waals surface area contributed by atoms with Crippen molar-refractivity contribution in [2.75, 3.05) is 5.73 Å². The number of nitrogen functional groups attached to an aromatic ring is 1. The fourth-order valence-electron chi connectivity index (χ4n) is 2.29. The number of nitrogens with two attached hydrogens (primary N) is 1. The van der Waals surface area contributed by atoms with Crippen LogP contribution in [0.5, 0.6) is 0 Å². The number of benzene rings is 1. The summed E-state index contributed by atoms with van der Waals surface area (Å²) in [5.74, 6) is 0. The van der Waals surface area contributed by atoms with Gasteiger partial charge >= 0.3 is 0 Å². The average Bonchev–Trinajstić information content (AvgIpc) is 2.88. The number of hydrogen-bond donors (Lipinski definition) is 1. The van der Waals surface area contributed by atoms with Gasteiger partial charge in [0.05, 0.1) is 18.1 Å². The van der Waals surface area contributed by atoms with E-state index in [4.69, 9.17) is 5.73 Å². The summed E-state index contributed by atoms with van der Waals surface area (Å²) in [5.41, 5.74) is 11.5.